The van der Waals surface area contributed by atoms with Gasteiger partial charge in [0.1, 0.15) is 0 Å². The van der Waals surface area contributed by atoms with E-state index < -0.39 is 0 Å². The average Bonchev–Trinajstić information content (AvgIpc) is 2.25. The summed E-state index contributed by atoms with van der Waals surface area (Å²) in [6.45, 7) is 2.31. The summed E-state index contributed by atoms with van der Waals surface area (Å²) in [7, 11) is 1.59. The highest BCUT2D eigenvalue weighted by Crippen LogP contribution is 2.15. The van der Waals surface area contributed by atoms with Gasteiger partial charge in [-0.3, -0.25) is 4.79 Å². The van der Waals surface area contributed by atoms with Gasteiger partial charge in [0.2, 0.25) is 0 Å². The molecule has 5 nitrogen and oxygen atoms in total. The van der Waals surface area contributed by atoms with Crippen molar-refractivity contribution in [1.29, 1.82) is 0 Å². The minimum absolute atomic E-state index is 0.0287. The fourth-order valence-corrected chi connectivity index (χ4v) is 1.20. The van der Waals surface area contributed by atoms with Gasteiger partial charge in [0.15, 0.2) is 0 Å². The van der Waals surface area contributed by atoms with Crippen LogP contribution < -0.4 is 16.8 Å². The summed E-state index contributed by atoms with van der Waals surface area (Å²) >= 11 is 0. The summed E-state index contributed by atoms with van der Waals surface area (Å²) in [6, 6.07) is 4.82. The Morgan fingerprint density at radius 1 is 1.50 bits per heavy atom. The van der Waals surface area contributed by atoms with Crippen LogP contribution in [0.3, 0.4) is 0 Å². The minimum atomic E-state index is -0.221. The van der Waals surface area contributed by atoms with Crippen LogP contribution in [0.2, 0.25) is 0 Å². The summed E-state index contributed by atoms with van der Waals surface area (Å²) in [5.41, 5.74) is 12.6. The molecular weight excluding hydrogens is 206 g/mol. The molecule has 16 heavy (non-hydrogen) atoms. The van der Waals surface area contributed by atoms with E-state index in [1.165, 1.54) is 0 Å². The number of hydrogen-bond donors (Lipinski definition) is 3. The number of carbonyl (C=O) groups is 1. The second-order valence-electron chi connectivity index (χ2n) is 3.60. The lowest BCUT2D eigenvalue weighted by Crippen LogP contribution is -2.32. The Balaban J connectivity index is 2.66. The monoisotopic (exact) mass is 223 g/mol. The van der Waals surface area contributed by atoms with E-state index in [9.17, 15) is 4.79 Å². The topological polar surface area (TPSA) is 90.4 Å². The maximum atomic E-state index is 11.7. The lowest BCUT2D eigenvalue weighted by molar-refractivity contribution is 0.0871. The molecule has 1 atom stereocenters. The number of nitrogens with two attached hydrogens (primary N) is 2. The molecule has 0 saturated heterocycles. The molecule has 1 unspecified atom stereocenters. The second-order valence-corrected chi connectivity index (χ2v) is 3.60. The van der Waals surface area contributed by atoms with E-state index in [1.807, 2.05) is 6.92 Å². The van der Waals surface area contributed by atoms with Crippen LogP contribution in [0.1, 0.15) is 17.3 Å². The molecule has 0 spiro atoms. The van der Waals surface area contributed by atoms with Gasteiger partial charge in [0, 0.05) is 25.0 Å². The van der Waals surface area contributed by atoms with Crippen LogP contribution >= 0.6 is 0 Å². The number of rotatable bonds is 4. The van der Waals surface area contributed by atoms with E-state index in [-0.39, 0.29) is 12.0 Å². The minimum Gasteiger partial charge on any atom is -0.399 e. The van der Waals surface area contributed by atoms with Gasteiger partial charge in [-0.05, 0) is 25.1 Å². The number of nitrogens with one attached hydrogen (secondary N) is 1. The molecular formula is C11H17N3O2. The first-order valence-corrected chi connectivity index (χ1v) is 5.00. The van der Waals surface area contributed by atoms with Crippen LogP contribution in [-0.2, 0) is 4.74 Å². The number of ether oxygens (including phenoxy) is 1. The molecule has 0 aliphatic rings. The fraction of sp³-hybridized carbons (Fsp3) is 0.364. The number of anilines is 2. The third-order valence-corrected chi connectivity index (χ3v) is 2.27. The van der Waals surface area contributed by atoms with Crippen molar-refractivity contribution in [3.05, 3.63) is 23.8 Å². The maximum Gasteiger partial charge on any atom is 0.253 e. The van der Waals surface area contributed by atoms with Crippen molar-refractivity contribution in [1.82, 2.24) is 5.32 Å². The molecule has 1 rings (SSSR count). The van der Waals surface area contributed by atoms with Gasteiger partial charge in [-0.15, -0.1) is 0 Å². The van der Waals surface area contributed by atoms with Crippen molar-refractivity contribution in [3.63, 3.8) is 0 Å². The molecule has 0 radical (unpaired) electrons. The van der Waals surface area contributed by atoms with Crippen LogP contribution in [-0.4, -0.2) is 25.7 Å². The molecule has 0 saturated carbocycles. The molecule has 0 bridgehead atoms. The van der Waals surface area contributed by atoms with Gasteiger partial charge >= 0.3 is 0 Å². The molecule has 1 aromatic rings. The van der Waals surface area contributed by atoms with Gasteiger partial charge in [-0.1, -0.05) is 0 Å². The van der Waals surface area contributed by atoms with E-state index in [4.69, 9.17) is 16.2 Å². The normalized spacial score (nSPS) is 12.1. The van der Waals surface area contributed by atoms with Crippen molar-refractivity contribution in [2.75, 3.05) is 25.1 Å². The third kappa shape index (κ3) is 3.13. The van der Waals surface area contributed by atoms with Crippen molar-refractivity contribution in [2.24, 2.45) is 0 Å². The number of carbonyl (C=O) groups excluding carboxylic acids is 1. The van der Waals surface area contributed by atoms with E-state index in [0.29, 0.717) is 23.5 Å². The Hall–Kier alpha value is -1.75. The highest BCUT2D eigenvalue weighted by molar-refractivity contribution is 5.99. The third-order valence-electron chi connectivity index (χ3n) is 2.27. The van der Waals surface area contributed by atoms with Crippen molar-refractivity contribution in [2.45, 2.75) is 13.0 Å². The predicted molar refractivity (Wildman–Crippen MR) is 64.1 cm³/mol. The number of amides is 1. The Morgan fingerprint density at radius 3 is 2.75 bits per heavy atom. The molecule has 0 aliphatic heterocycles. The highest BCUT2D eigenvalue weighted by atomic mass is 16.5. The van der Waals surface area contributed by atoms with Crippen LogP contribution in [0.25, 0.3) is 0 Å². The average molecular weight is 223 g/mol. The summed E-state index contributed by atoms with van der Waals surface area (Å²) in [6.07, 6.45) is -0.0287. The molecule has 1 aromatic carbocycles. The number of nitrogen functional groups attached to an aromatic ring is 2. The van der Waals surface area contributed by atoms with Gasteiger partial charge < -0.3 is 21.5 Å². The van der Waals surface area contributed by atoms with E-state index in [1.54, 1.807) is 25.3 Å². The molecule has 1 amide bonds. The molecule has 88 valence electrons. The fourth-order valence-electron chi connectivity index (χ4n) is 1.20. The number of hydrogen-bond acceptors (Lipinski definition) is 4. The number of benzene rings is 1. The number of methoxy groups -OCH3 is 1. The van der Waals surface area contributed by atoms with Gasteiger partial charge in [-0.25, -0.2) is 0 Å². The van der Waals surface area contributed by atoms with E-state index >= 15 is 0 Å². The maximum absolute atomic E-state index is 11.7. The largest absolute Gasteiger partial charge is 0.399 e. The molecule has 5 heteroatoms. The molecule has 0 aliphatic carbocycles. The smallest absolute Gasteiger partial charge is 0.253 e. The SMILES string of the molecule is COC(C)CNC(=O)c1ccc(N)cc1N. The van der Waals surface area contributed by atoms with Crippen molar-refractivity contribution < 1.29 is 9.53 Å². The summed E-state index contributed by atoms with van der Waals surface area (Å²) in [5.74, 6) is -0.221. The van der Waals surface area contributed by atoms with Crippen LogP contribution in [0, 0.1) is 0 Å². The van der Waals surface area contributed by atoms with E-state index in [2.05, 4.69) is 5.32 Å². The molecule has 0 heterocycles. The lowest BCUT2D eigenvalue weighted by atomic mass is 10.1. The van der Waals surface area contributed by atoms with Gasteiger partial charge in [0.25, 0.3) is 5.91 Å². The lowest BCUT2D eigenvalue weighted by Gasteiger charge is -2.11. The Bertz CT molecular complexity index is 379. The van der Waals surface area contributed by atoms with E-state index in [0.717, 1.165) is 0 Å². The Morgan fingerprint density at radius 2 is 2.19 bits per heavy atom. The molecule has 0 fully saturated rings. The highest BCUT2D eigenvalue weighted by Gasteiger charge is 2.10. The van der Waals surface area contributed by atoms with Crippen LogP contribution in [0.4, 0.5) is 11.4 Å². The second kappa shape index (κ2) is 5.37. The summed E-state index contributed by atoms with van der Waals surface area (Å²) in [5, 5.41) is 2.73. The van der Waals surface area contributed by atoms with Gasteiger partial charge in [-0.2, -0.15) is 0 Å². The Labute approximate surface area is 94.8 Å². The predicted octanol–water partition coefficient (Wildman–Crippen LogP) is 0.616. The quantitative estimate of drug-likeness (QED) is 0.652. The first-order valence-electron chi connectivity index (χ1n) is 5.00. The standard InChI is InChI=1S/C11H17N3O2/c1-7(16-2)6-14-11(15)9-4-3-8(12)5-10(9)13/h3-5,7H,6,12-13H2,1-2H3,(H,14,15). The van der Waals surface area contributed by atoms with Crippen molar-refractivity contribution in [3.8, 4) is 0 Å². The zero-order valence-electron chi connectivity index (χ0n) is 9.49. The van der Waals surface area contributed by atoms with Crippen LogP contribution in [0.5, 0.6) is 0 Å². The van der Waals surface area contributed by atoms with Crippen molar-refractivity contribution >= 4 is 17.3 Å². The molecule has 0 aromatic heterocycles. The zero-order valence-corrected chi connectivity index (χ0v) is 9.49. The summed E-state index contributed by atoms with van der Waals surface area (Å²) < 4.78 is 5.02. The zero-order chi connectivity index (χ0) is 12.1. The Kier molecular flexibility index (Phi) is 4.13. The van der Waals surface area contributed by atoms with Crippen LogP contribution in [0.15, 0.2) is 18.2 Å². The summed E-state index contributed by atoms with van der Waals surface area (Å²) in [4.78, 5) is 11.7. The first-order chi connectivity index (χ1) is 7.54. The first kappa shape index (κ1) is 12.3. The molecule has 5 N–H and O–H groups in total. The van der Waals surface area contributed by atoms with Gasteiger partial charge in [0.05, 0.1) is 11.7 Å².